The van der Waals surface area contributed by atoms with Crippen molar-refractivity contribution in [2.45, 2.75) is 13.3 Å². The van der Waals surface area contributed by atoms with Crippen LogP contribution in [0.3, 0.4) is 0 Å². The lowest BCUT2D eigenvalue weighted by Crippen LogP contribution is -2.03. The van der Waals surface area contributed by atoms with Crippen LogP contribution in [0.25, 0.3) is 10.9 Å². The summed E-state index contributed by atoms with van der Waals surface area (Å²) in [4.78, 5) is 3.36. The quantitative estimate of drug-likeness (QED) is 0.873. The number of aromatic amines is 1. The molecule has 0 spiro atoms. The molecule has 0 aliphatic carbocycles. The van der Waals surface area contributed by atoms with Crippen LogP contribution in [0.1, 0.15) is 11.3 Å². The number of nitrogens with two attached hydrogens (primary N) is 1. The molecular formula is C11H12BrClN2. The van der Waals surface area contributed by atoms with Gasteiger partial charge >= 0.3 is 0 Å². The Morgan fingerprint density at radius 3 is 2.87 bits per heavy atom. The van der Waals surface area contributed by atoms with Crippen LogP contribution < -0.4 is 5.73 Å². The van der Waals surface area contributed by atoms with Gasteiger partial charge < -0.3 is 10.7 Å². The summed E-state index contributed by atoms with van der Waals surface area (Å²) in [6.45, 7) is 2.65. The Hall–Kier alpha value is -0.510. The maximum atomic E-state index is 6.07. The topological polar surface area (TPSA) is 41.8 Å². The molecule has 1 heterocycles. The number of rotatable bonds is 2. The van der Waals surface area contributed by atoms with Gasteiger partial charge in [-0.2, -0.15) is 0 Å². The minimum atomic E-state index is 0.637. The van der Waals surface area contributed by atoms with Gasteiger partial charge in [-0.1, -0.05) is 17.7 Å². The Balaban J connectivity index is 2.70. The molecule has 0 amide bonds. The lowest BCUT2D eigenvalue weighted by Gasteiger charge is -1.98. The van der Waals surface area contributed by atoms with Gasteiger partial charge in [0, 0.05) is 27.0 Å². The van der Waals surface area contributed by atoms with E-state index in [0.29, 0.717) is 6.54 Å². The number of fused-ring (bicyclic) bond motifs is 1. The van der Waals surface area contributed by atoms with E-state index in [1.807, 2.05) is 19.1 Å². The highest BCUT2D eigenvalue weighted by Crippen LogP contribution is 2.32. The van der Waals surface area contributed by atoms with E-state index < -0.39 is 0 Å². The van der Waals surface area contributed by atoms with Crippen molar-refractivity contribution in [2.24, 2.45) is 5.73 Å². The van der Waals surface area contributed by atoms with Crippen molar-refractivity contribution in [3.05, 3.63) is 32.9 Å². The fourth-order valence-corrected chi connectivity index (χ4v) is 2.50. The molecule has 15 heavy (non-hydrogen) atoms. The first-order valence-electron chi connectivity index (χ1n) is 4.80. The third kappa shape index (κ3) is 1.80. The maximum absolute atomic E-state index is 6.07. The van der Waals surface area contributed by atoms with Crippen molar-refractivity contribution < 1.29 is 0 Å². The van der Waals surface area contributed by atoms with Gasteiger partial charge in [-0.25, -0.2) is 0 Å². The second-order valence-corrected chi connectivity index (χ2v) is 4.75. The second kappa shape index (κ2) is 4.16. The summed E-state index contributed by atoms with van der Waals surface area (Å²) < 4.78 is 1.10. The highest BCUT2D eigenvalue weighted by atomic mass is 79.9. The van der Waals surface area contributed by atoms with E-state index in [2.05, 4.69) is 20.9 Å². The van der Waals surface area contributed by atoms with E-state index >= 15 is 0 Å². The minimum absolute atomic E-state index is 0.637. The van der Waals surface area contributed by atoms with Crippen molar-refractivity contribution in [3.8, 4) is 0 Å². The number of halogens is 2. The standard InChI is InChI=1S/C11H12BrClN2/c1-6-8(13)3-2-7-10(12)9(4-5-14)15-11(6)7/h2-3,15H,4-5,14H2,1H3. The molecule has 3 N–H and O–H groups in total. The first kappa shape index (κ1) is 11.0. The Kier molecular flexibility index (Phi) is 3.05. The van der Waals surface area contributed by atoms with Crippen LogP contribution in [0.2, 0.25) is 5.02 Å². The third-order valence-electron chi connectivity index (χ3n) is 2.57. The van der Waals surface area contributed by atoms with Crippen molar-refractivity contribution in [1.82, 2.24) is 4.98 Å². The maximum Gasteiger partial charge on any atom is 0.0512 e. The van der Waals surface area contributed by atoms with Crippen LogP contribution in [0, 0.1) is 6.92 Å². The summed E-state index contributed by atoms with van der Waals surface area (Å²) in [7, 11) is 0. The van der Waals surface area contributed by atoms with Crippen molar-refractivity contribution in [1.29, 1.82) is 0 Å². The number of hydrogen-bond acceptors (Lipinski definition) is 1. The Bertz CT molecular complexity index is 505. The number of H-pyrrole nitrogens is 1. The van der Waals surface area contributed by atoms with Gasteiger partial charge in [-0.3, -0.25) is 0 Å². The Morgan fingerprint density at radius 1 is 1.47 bits per heavy atom. The summed E-state index contributed by atoms with van der Waals surface area (Å²) in [6, 6.07) is 3.94. The minimum Gasteiger partial charge on any atom is -0.357 e. The van der Waals surface area contributed by atoms with Crippen molar-refractivity contribution in [2.75, 3.05) is 6.54 Å². The first-order chi connectivity index (χ1) is 7.15. The monoisotopic (exact) mass is 286 g/mol. The van der Waals surface area contributed by atoms with Crippen LogP contribution in [0.5, 0.6) is 0 Å². The molecule has 1 aromatic heterocycles. The summed E-state index contributed by atoms with van der Waals surface area (Å²) >= 11 is 9.65. The molecular weight excluding hydrogens is 275 g/mol. The van der Waals surface area contributed by atoms with E-state index in [1.165, 1.54) is 5.39 Å². The van der Waals surface area contributed by atoms with Gasteiger partial charge in [0.2, 0.25) is 0 Å². The molecule has 0 atom stereocenters. The lowest BCUT2D eigenvalue weighted by molar-refractivity contribution is 0.934. The van der Waals surface area contributed by atoms with Gasteiger partial charge in [0.25, 0.3) is 0 Å². The normalized spacial score (nSPS) is 11.2. The molecule has 0 saturated heterocycles. The first-order valence-corrected chi connectivity index (χ1v) is 5.97. The molecule has 0 saturated carbocycles. The van der Waals surface area contributed by atoms with Crippen LogP contribution in [-0.4, -0.2) is 11.5 Å². The average molecular weight is 288 g/mol. The Labute approximate surface area is 102 Å². The van der Waals surface area contributed by atoms with Crippen LogP contribution >= 0.6 is 27.5 Å². The average Bonchev–Trinajstić information content (AvgIpc) is 2.52. The third-order valence-corrected chi connectivity index (χ3v) is 3.89. The van der Waals surface area contributed by atoms with Gasteiger partial charge in [0.1, 0.15) is 0 Å². The predicted octanol–water partition coefficient (Wildman–Crippen LogP) is 3.39. The zero-order valence-electron chi connectivity index (χ0n) is 8.40. The molecule has 4 heteroatoms. The predicted molar refractivity (Wildman–Crippen MR) is 68.5 cm³/mol. The zero-order chi connectivity index (χ0) is 11.0. The molecule has 2 nitrogen and oxygen atoms in total. The number of aromatic nitrogens is 1. The molecule has 1 aromatic carbocycles. The summed E-state index contributed by atoms with van der Waals surface area (Å²) in [6.07, 6.45) is 0.840. The van der Waals surface area contributed by atoms with E-state index in [9.17, 15) is 0 Å². The fourth-order valence-electron chi connectivity index (χ4n) is 1.72. The molecule has 0 radical (unpaired) electrons. The van der Waals surface area contributed by atoms with E-state index in [1.54, 1.807) is 0 Å². The fraction of sp³-hybridized carbons (Fsp3) is 0.273. The molecule has 2 rings (SSSR count). The van der Waals surface area contributed by atoms with E-state index in [4.69, 9.17) is 17.3 Å². The largest absolute Gasteiger partial charge is 0.357 e. The van der Waals surface area contributed by atoms with E-state index in [0.717, 1.165) is 32.7 Å². The van der Waals surface area contributed by atoms with Crippen LogP contribution in [0.15, 0.2) is 16.6 Å². The molecule has 0 fully saturated rings. The van der Waals surface area contributed by atoms with Gasteiger partial charge in [0.05, 0.1) is 5.52 Å². The van der Waals surface area contributed by atoms with Gasteiger partial charge in [0.15, 0.2) is 0 Å². The van der Waals surface area contributed by atoms with Gasteiger partial charge in [-0.15, -0.1) is 0 Å². The second-order valence-electron chi connectivity index (χ2n) is 3.55. The summed E-state index contributed by atoms with van der Waals surface area (Å²) in [5, 5.41) is 1.95. The number of nitrogens with one attached hydrogen (secondary N) is 1. The smallest absolute Gasteiger partial charge is 0.0512 e. The molecule has 0 unspecified atom stereocenters. The lowest BCUT2D eigenvalue weighted by atomic mass is 10.1. The molecule has 80 valence electrons. The SMILES string of the molecule is Cc1c(Cl)ccc2c(Br)c(CCN)[nH]c12. The number of hydrogen-bond donors (Lipinski definition) is 2. The van der Waals surface area contributed by atoms with Gasteiger partial charge in [-0.05, 0) is 41.0 Å². The van der Waals surface area contributed by atoms with Crippen LogP contribution in [0.4, 0.5) is 0 Å². The number of benzene rings is 1. The highest BCUT2D eigenvalue weighted by Gasteiger charge is 2.11. The molecule has 0 aliphatic heterocycles. The van der Waals surface area contributed by atoms with E-state index in [-0.39, 0.29) is 0 Å². The zero-order valence-corrected chi connectivity index (χ0v) is 10.7. The van der Waals surface area contributed by atoms with Crippen LogP contribution in [-0.2, 0) is 6.42 Å². The number of aryl methyl sites for hydroxylation is 1. The summed E-state index contributed by atoms with van der Waals surface area (Å²) in [5.41, 5.74) is 8.87. The highest BCUT2D eigenvalue weighted by molar-refractivity contribution is 9.10. The molecule has 0 bridgehead atoms. The Morgan fingerprint density at radius 2 is 2.20 bits per heavy atom. The summed E-state index contributed by atoms with van der Waals surface area (Å²) in [5.74, 6) is 0. The molecule has 2 aromatic rings. The molecule has 0 aliphatic rings. The van der Waals surface area contributed by atoms with Crippen molar-refractivity contribution in [3.63, 3.8) is 0 Å². The van der Waals surface area contributed by atoms with Crippen molar-refractivity contribution >= 4 is 38.4 Å².